The van der Waals surface area contributed by atoms with E-state index in [1.807, 2.05) is 6.07 Å². The van der Waals surface area contributed by atoms with Crippen LogP contribution in [0.15, 0.2) is 47.8 Å². The van der Waals surface area contributed by atoms with E-state index >= 15 is 0 Å². The molecule has 0 unspecified atom stereocenters. The van der Waals surface area contributed by atoms with Gasteiger partial charge in [-0.05, 0) is 43.7 Å². The molecule has 2 aromatic carbocycles. The number of ether oxygens (including phenoxy) is 4. The van der Waals surface area contributed by atoms with Gasteiger partial charge in [0.25, 0.3) is 5.91 Å². The van der Waals surface area contributed by atoms with Crippen molar-refractivity contribution in [3.05, 3.63) is 59.0 Å². The number of methoxy groups -OCH3 is 3. The van der Waals surface area contributed by atoms with Crippen molar-refractivity contribution in [2.24, 2.45) is 0 Å². The second kappa shape index (κ2) is 10.2. The zero-order valence-corrected chi connectivity index (χ0v) is 19.4. The zero-order valence-electron chi connectivity index (χ0n) is 18.6. The SMILES string of the molecule is COc1ccc(-c2csc(NC(=O)c3ccccc3OC)c2C(=O)OC(C)C)cc1OC. The van der Waals surface area contributed by atoms with Crippen LogP contribution in [0.1, 0.15) is 34.6 Å². The Bertz CT molecular complexity index is 1120. The molecule has 0 aliphatic carbocycles. The first-order valence-corrected chi connectivity index (χ1v) is 10.8. The summed E-state index contributed by atoms with van der Waals surface area (Å²) in [4.78, 5) is 25.9. The Kier molecular flexibility index (Phi) is 7.37. The van der Waals surface area contributed by atoms with Crippen LogP contribution < -0.4 is 19.5 Å². The third-order valence-electron chi connectivity index (χ3n) is 4.61. The number of carbonyl (C=O) groups excluding carboxylic acids is 2. The molecule has 0 aliphatic rings. The Labute approximate surface area is 190 Å². The van der Waals surface area contributed by atoms with Gasteiger partial charge in [-0.25, -0.2) is 4.79 Å². The Hall–Kier alpha value is -3.52. The summed E-state index contributed by atoms with van der Waals surface area (Å²) in [5, 5.41) is 5.03. The molecule has 1 heterocycles. The van der Waals surface area contributed by atoms with Crippen LogP contribution in [0.4, 0.5) is 5.00 Å². The van der Waals surface area contributed by atoms with Crippen LogP contribution in [-0.2, 0) is 4.74 Å². The highest BCUT2D eigenvalue weighted by molar-refractivity contribution is 7.15. The van der Waals surface area contributed by atoms with Crippen molar-refractivity contribution in [3.63, 3.8) is 0 Å². The van der Waals surface area contributed by atoms with E-state index in [4.69, 9.17) is 18.9 Å². The maximum atomic E-state index is 13.0. The van der Waals surface area contributed by atoms with Gasteiger partial charge in [0, 0.05) is 10.9 Å². The highest BCUT2D eigenvalue weighted by Crippen LogP contribution is 2.40. The molecule has 8 heteroatoms. The van der Waals surface area contributed by atoms with Crippen LogP contribution in [0.2, 0.25) is 0 Å². The van der Waals surface area contributed by atoms with E-state index < -0.39 is 5.97 Å². The Morgan fingerprint density at radius 2 is 1.59 bits per heavy atom. The van der Waals surface area contributed by atoms with Crippen LogP contribution in [0.3, 0.4) is 0 Å². The molecule has 0 saturated heterocycles. The van der Waals surface area contributed by atoms with Crippen molar-refractivity contribution in [1.29, 1.82) is 0 Å². The van der Waals surface area contributed by atoms with Crippen molar-refractivity contribution in [3.8, 4) is 28.4 Å². The van der Waals surface area contributed by atoms with E-state index in [0.29, 0.717) is 33.4 Å². The number of rotatable bonds is 8. The quantitative estimate of drug-likeness (QED) is 0.467. The summed E-state index contributed by atoms with van der Waals surface area (Å²) < 4.78 is 21.4. The standard InChI is InChI=1S/C24H25NO6S/c1-14(2)31-24(27)21-17(15-10-11-19(29-4)20(12-15)30-5)13-32-23(21)25-22(26)16-8-6-7-9-18(16)28-3/h6-14H,1-5H3,(H,25,26). The smallest absolute Gasteiger partial charge is 0.342 e. The molecule has 0 fully saturated rings. The van der Waals surface area contributed by atoms with Crippen LogP contribution in [-0.4, -0.2) is 39.3 Å². The monoisotopic (exact) mass is 455 g/mol. The minimum absolute atomic E-state index is 0.277. The third-order valence-corrected chi connectivity index (χ3v) is 5.51. The minimum atomic E-state index is -0.527. The molecule has 0 bridgehead atoms. The molecule has 1 aromatic heterocycles. The van der Waals surface area contributed by atoms with E-state index in [2.05, 4.69) is 5.32 Å². The Morgan fingerprint density at radius 3 is 2.25 bits per heavy atom. The van der Waals surface area contributed by atoms with E-state index in [1.54, 1.807) is 69.8 Å². The van der Waals surface area contributed by atoms with Gasteiger partial charge >= 0.3 is 5.97 Å². The lowest BCUT2D eigenvalue weighted by atomic mass is 10.0. The molecule has 32 heavy (non-hydrogen) atoms. The fourth-order valence-electron chi connectivity index (χ4n) is 3.14. The maximum absolute atomic E-state index is 13.0. The molecule has 0 aliphatic heterocycles. The van der Waals surface area contributed by atoms with E-state index in [9.17, 15) is 9.59 Å². The highest BCUT2D eigenvalue weighted by Gasteiger charge is 2.25. The number of nitrogens with one attached hydrogen (secondary N) is 1. The molecule has 7 nitrogen and oxygen atoms in total. The number of para-hydroxylation sites is 1. The van der Waals surface area contributed by atoms with Crippen molar-refractivity contribution in [2.75, 3.05) is 26.6 Å². The van der Waals surface area contributed by atoms with Gasteiger partial charge in [-0.1, -0.05) is 18.2 Å². The number of anilines is 1. The van der Waals surface area contributed by atoms with Crippen molar-refractivity contribution >= 4 is 28.2 Å². The third kappa shape index (κ3) is 4.86. The van der Waals surface area contributed by atoms with Gasteiger partial charge < -0.3 is 24.3 Å². The number of carbonyl (C=O) groups is 2. The molecular formula is C24H25NO6S. The van der Waals surface area contributed by atoms with Gasteiger partial charge in [0.1, 0.15) is 16.3 Å². The molecule has 1 amide bonds. The summed E-state index contributed by atoms with van der Waals surface area (Å²) in [7, 11) is 4.60. The minimum Gasteiger partial charge on any atom is -0.496 e. The highest BCUT2D eigenvalue weighted by atomic mass is 32.1. The number of thiophene rings is 1. The largest absolute Gasteiger partial charge is 0.496 e. The Balaban J connectivity index is 2.05. The first-order valence-electron chi connectivity index (χ1n) is 9.88. The second-order valence-electron chi connectivity index (χ2n) is 7.03. The van der Waals surface area contributed by atoms with E-state index in [1.165, 1.54) is 18.4 Å². The number of amides is 1. The first kappa shape index (κ1) is 23.1. The molecule has 3 aromatic rings. The van der Waals surface area contributed by atoms with Crippen molar-refractivity contribution in [1.82, 2.24) is 0 Å². The van der Waals surface area contributed by atoms with Crippen LogP contribution in [0.25, 0.3) is 11.1 Å². The van der Waals surface area contributed by atoms with Crippen molar-refractivity contribution in [2.45, 2.75) is 20.0 Å². The lowest BCUT2D eigenvalue weighted by Crippen LogP contribution is -2.17. The van der Waals surface area contributed by atoms with Gasteiger partial charge in [0.2, 0.25) is 0 Å². The summed E-state index contributed by atoms with van der Waals surface area (Å²) in [5.41, 5.74) is 1.99. The topological polar surface area (TPSA) is 83.1 Å². The molecule has 0 spiro atoms. The summed E-state index contributed by atoms with van der Waals surface area (Å²) in [5.74, 6) is 0.623. The summed E-state index contributed by atoms with van der Waals surface area (Å²) in [6, 6.07) is 12.2. The lowest BCUT2D eigenvalue weighted by Gasteiger charge is -2.13. The first-order chi connectivity index (χ1) is 15.4. The summed E-state index contributed by atoms with van der Waals surface area (Å²) in [6.45, 7) is 3.54. The number of hydrogen-bond acceptors (Lipinski definition) is 7. The molecule has 1 N–H and O–H groups in total. The molecule has 0 radical (unpaired) electrons. The fourth-order valence-corrected chi connectivity index (χ4v) is 4.10. The predicted molar refractivity (Wildman–Crippen MR) is 124 cm³/mol. The van der Waals surface area contributed by atoms with E-state index in [0.717, 1.165) is 5.56 Å². The number of esters is 1. The van der Waals surface area contributed by atoms with Gasteiger partial charge in [0.15, 0.2) is 11.5 Å². The van der Waals surface area contributed by atoms with Gasteiger partial charge in [-0.2, -0.15) is 0 Å². The van der Waals surface area contributed by atoms with E-state index in [-0.39, 0.29) is 17.6 Å². The van der Waals surface area contributed by atoms with Crippen LogP contribution >= 0.6 is 11.3 Å². The van der Waals surface area contributed by atoms with Crippen LogP contribution in [0, 0.1) is 0 Å². The fraction of sp³-hybridized carbons (Fsp3) is 0.250. The molecule has 168 valence electrons. The average molecular weight is 456 g/mol. The second-order valence-corrected chi connectivity index (χ2v) is 7.91. The molecule has 3 rings (SSSR count). The molecule has 0 saturated carbocycles. The molecular weight excluding hydrogens is 430 g/mol. The average Bonchev–Trinajstić information content (AvgIpc) is 3.21. The summed E-state index contributed by atoms with van der Waals surface area (Å²) in [6.07, 6.45) is -0.321. The van der Waals surface area contributed by atoms with Gasteiger partial charge in [0.05, 0.1) is 33.0 Å². The van der Waals surface area contributed by atoms with Gasteiger partial charge in [-0.3, -0.25) is 4.79 Å². The Morgan fingerprint density at radius 1 is 0.906 bits per heavy atom. The van der Waals surface area contributed by atoms with Gasteiger partial charge in [-0.15, -0.1) is 11.3 Å². The van der Waals surface area contributed by atoms with Crippen molar-refractivity contribution < 1.29 is 28.5 Å². The predicted octanol–water partition coefficient (Wildman–Crippen LogP) is 5.26. The summed E-state index contributed by atoms with van der Waals surface area (Å²) >= 11 is 1.24. The zero-order chi connectivity index (χ0) is 23.3. The molecule has 0 atom stereocenters. The number of hydrogen-bond donors (Lipinski definition) is 1. The van der Waals surface area contributed by atoms with Crippen LogP contribution in [0.5, 0.6) is 17.2 Å². The number of benzene rings is 2. The lowest BCUT2D eigenvalue weighted by molar-refractivity contribution is 0.0380. The normalized spacial score (nSPS) is 10.6. The maximum Gasteiger partial charge on any atom is 0.342 e.